The average Bonchev–Trinajstić information content (AvgIpc) is 2.69. The Bertz CT molecular complexity index is 838. The van der Waals surface area contributed by atoms with Crippen LogP contribution in [-0.2, 0) is 4.79 Å². The van der Waals surface area contributed by atoms with Crippen molar-refractivity contribution in [2.75, 3.05) is 25.0 Å². The Balaban J connectivity index is 1.63. The quantitative estimate of drug-likeness (QED) is 0.835. The number of rotatable bonds is 5. The molecule has 0 atom stereocenters. The molecule has 0 unspecified atom stereocenters. The van der Waals surface area contributed by atoms with Gasteiger partial charge >= 0.3 is 0 Å². The first-order valence-corrected chi connectivity index (χ1v) is 9.18. The third-order valence-electron chi connectivity index (χ3n) is 4.34. The lowest BCUT2D eigenvalue weighted by atomic mass is 10.1. The third kappa shape index (κ3) is 4.98. The molecule has 0 radical (unpaired) electrons. The normalized spacial score (nSPS) is 13.9. The molecule has 142 valence electrons. The van der Waals surface area contributed by atoms with Crippen LogP contribution in [0.2, 0.25) is 5.02 Å². The van der Waals surface area contributed by atoms with Gasteiger partial charge in [0.25, 0.3) is 11.8 Å². The van der Waals surface area contributed by atoms with Gasteiger partial charge in [-0.1, -0.05) is 23.7 Å². The monoisotopic (exact) mass is 390 g/mol. The lowest BCUT2D eigenvalue weighted by molar-refractivity contribution is -0.118. The summed E-state index contributed by atoms with van der Waals surface area (Å²) < 4.78 is 18.5. The highest BCUT2D eigenvalue weighted by Crippen LogP contribution is 2.22. The highest BCUT2D eigenvalue weighted by molar-refractivity contribution is 6.30. The van der Waals surface area contributed by atoms with Crippen LogP contribution in [0.3, 0.4) is 0 Å². The van der Waals surface area contributed by atoms with Crippen LogP contribution in [0.5, 0.6) is 5.75 Å². The second-order valence-corrected chi connectivity index (χ2v) is 6.72. The van der Waals surface area contributed by atoms with Crippen molar-refractivity contribution in [2.45, 2.75) is 19.3 Å². The molecule has 0 aliphatic carbocycles. The van der Waals surface area contributed by atoms with E-state index in [0.717, 1.165) is 32.4 Å². The molecule has 0 aromatic heterocycles. The van der Waals surface area contributed by atoms with Gasteiger partial charge in [0.15, 0.2) is 6.61 Å². The number of hydrogen-bond acceptors (Lipinski definition) is 3. The summed E-state index contributed by atoms with van der Waals surface area (Å²) in [4.78, 5) is 26.8. The van der Waals surface area contributed by atoms with Gasteiger partial charge in [0, 0.05) is 19.2 Å². The van der Waals surface area contributed by atoms with Crippen LogP contribution in [0.15, 0.2) is 42.5 Å². The van der Waals surface area contributed by atoms with Crippen LogP contribution in [0.25, 0.3) is 0 Å². The highest BCUT2D eigenvalue weighted by Gasteiger charge is 2.21. The van der Waals surface area contributed by atoms with Crippen LogP contribution in [-0.4, -0.2) is 36.4 Å². The largest absolute Gasteiger partial charge is 0.484 e. The maximum absolute atomic E-state index is 13.2. The summed E-state index contributed by atoms with van der Waals surface area (Å²) in [5.74, 6) is -0.779. The number of nitrogens with one attached hydrogen (secondary N) is 1. The van der Waals surface area contributed by atoms with E-state index in [1.807, 2.05) is 4.90 Å². The van der Waals surface area contributed by atoms with E-state index in [0.29, 0.717) is 11.3 Å². The summed E-state index contributed by atoms with van der Waals surface area (Å²) in [6, 6.07) is 10.8. The van der Waals surface area contributed by atoms with Gasteiger partial charge in [-0.2, -0.15) is 0 Å². The van der Waals surface area contributed by atoms with Crippen molar-refractivity contribution in [1.29, 1.82) is 0 Å². The molecule has 1 aliphatic rings. The molecule has 27 heavy (non-hydrogen) atoms. The average molecular weight is 391 g/mol. The standard InChI is InChI=1S/C20H20ClFN2O3/c21-16-12-14(8-9-17(16)22)27-13-19(25)23-18-7-3-2-6-15(18)20(26)24-10-4-1-5-11-24/h2-3,6-9,12H,1,4-5,10-11,13H2,(H,23,25). The number of piperidine rings is 1. The fourth-order valence-electron chi connectivity index (χ4n) is 2.95. The van der Waals surface area contributed by atoms with Gasteiger partial charge in [-0.3, -0.25) is 9.59 Å². The summed E-state index contributed by atoms with van der Waals surface area (Å²) in [5, 5.41) is 2.63. The van der Waals surface area contributed by atoms with Crippen molar-refractivity contribution in [2.24, 2.45) is 0 Å². The first-order chi connectivity index (χ1) is 13.0. The van der Waals surface area contributed by atoms with Gasteiger partial charge < -0.3 is 15.0 Å². The predicted octanol–water partition coefficient (Wildman–Crippen LogP) is 4.12. The van der Waals surface area contributed by atoms with Crippen LogP contribution >= 0.6 is 11.6 Å². The number of ether oxygens (including phenoxy) is 1. The van der Waals surface area contributed by atoms with Crippen molar-refractivity contribution in [3.63, 3.8) is 0 Å². The zero-order valence-corrected chi connectivity index (χ0v) is 15.5. The Hall–Kier alpha value is -2.60. The Morgan fingerprint density at radius 1 is 1.11 bits per heavy atom. The number of carbonyl (C=O) groups excluding carboxylic acids is 2. The molecular weight excluding hydrogens is 371 g/mol. The van der Waals surface area contributed by atoms with E-state index in [1.165, 1.54) is 18.2 Å². The number of carbonyl (C=O) groups is 2. The number of likely N-dealkylation sites (tertiary alicyclic amines) is 1. The second-order valence-electron chi connectivity index (χ2n) is 6.31. The van der Waals surface area contributed by atoms with E-state index < -0.39 is 11.7 Å². The smallest absolute Gasteiger partial charge is 0.262 e. The van der Waals surface area contributed by atoms with Crippen molar-refractivity contribution in [3.8, 4) is 5.75 Å². The molecule has 2 aromatic carbocycles. The summed E-state index contributed by atoms with van der Waals surface area (Å²) in [6.45, 7) is 1.18. The minimum Gasteiger partial charge on any atom is -0.484 e. The summed E-state index contributed by atoms with van der Waals surface area (Å²) in [5.41, 5.74) is 0.899. The van der Waals surface area contributed by atoms with Crippen molar-refractivity contribution in [3.05, 3.63) is 58.9 Å². The van der Waals surface area contributed by atoms with Crippen molar-refractivity contribution >= 4 is 29.1 Å². The maximum atomic E-state index is 13.2. The van der Waals surface area contributed by atoms with Crippen LogP contribution in [0.1, 0.15) is 29.6 Å². The van der Waals surface area contributed by atoms with Crippen molar-refractivity contribution in [1.82, 2.24) is 4.90 Å². The minimum absolute atomic E-state index is 0.0783. The number of amides is 2. The van der Waals surface area contributed by atoms with E-state index in [1.54, 1.807) is 24.3 Å². The Labute approximate surface area is 162 Å². The Morgan fingerprint density at radius 3 is 2.59 bits per heavy atom. The van der Waals surface area contributed by atoms with Gasteiger partial charge in [-0.15, -0.1) is 0 Å². The number of para-hydroxylation sites is 1. The van der Waals surface area contributed by atoms with Gasteiger partial charge in [0.2, 0.25) is 0 Å². The first kappa shape index (κ1) is 19.2. The van der Waals surface area contributed by atoms with Gasteiger partial charge in [0.1, 0.15) is 11.6 Å². The summed E-state index contributed by atoms with van der Waals surface area (Å²) in [7, 11) is 0. The van der Waals surface area contributed by atoms with E-state index in [4.69, 9.17) is 16.3 Å². The fraction of sp³-hybridized carbons (Fsp3) is 0.300. The molecule has 1 heterocycles. The SMILES string of the molecule is O=C(COc1ccc(F)c(Cl)c1)Nc1ccccc1C(=O)N1CCCCC1. The van der Waals surface area contributed by atoms with Gasteiger partial charge in [-0.05, 0) is 43.5 Å². The number of halogens is 2. The highest BCUT2D eigenvalue weighted by atomic mass is 35.5. The summed E-state index contributed by atoms with van der Waals surface area (Å²) in [6.07, 6.45) is 3.12. The molecule has 0 saturated carbocycles. The third-order valence-corrected chi connectivity index (χ3v) is 4.63. The van der Waals surface area contributed by atoms with Gasteiger partial charge in [-0.25, -0.2) is 4.39 Å². The molecule has 1 aliphatic heterocycles. The molecule has 7 heteroatoms. The molecule has 0 bridgehead atoms. The molecule has 1 N–H and O–H groups in total. The van der Waals surface area contributed by atoms with Crippen LogP contribution in [0, 0.1) is 5.82 Å². The van der Waals surface area contributed by atoms with E-state index in [2.05, 4.69) is 5.32 Å². The fourth-order valence-corrected chi connectivity index (χ4v) is 3.12. The molecule has 1 saturated heterocycles. The topological polar surface area (TPSA) is 58.6 Å². The molecule has 5 nitrogen and oxygen atoms in total. The Morgan fingerprint density at radius 2 is 1.85 bits per heavy atom. The lowest BCUT2D eigenvalue weighted by Gasteiger charge is -2.27. The second kappa shape index (κ2) is 8.86. The number of hydrogen-bond donors (Lipinski definition) is 1. The Kier molecular flexibility index (Phi) is 6.29. The first-order valence-electron chi connectivity index (χ1n) is 8.80. The molecule has 2 amide bonds. The van der Waals surface area contributed by atoms with Gasteiger partial charge in [0.05, 0.1) is 16.3 Å². The predicted molar refractivity (Wildman–Crippen MR) is 102 cm³/mol. The maximum Gasteiger partial charge on any atom is 0.262 e. The molecule has 2 aromatic rings. The van der Waals surface area contributed by atoms with Crippen LogP contribution in [0.4, 0.5) is 10.1 Å². The number of anilines is 1. The molecule has 3 rings (SSSR count). The molecular formula is C20H20ClFN2O3. The molecule has 1 fully saturated rings. The lowest BCUT2D eigenvalue weighted by Crippen LogP contribution is -2.36. The molecule has 0 spiro atoms. The van der Waals surface area contributed by atoms with E-state index >= 15 is 0 Å². The summed E-state index contributed by atoms with van der Waals surface area (Å²) >= 11 is 5.69. The van der Waals surface area contributed by atoms with E-state index in [9.17, 15) is 14.0 Å². The minimum atomic E-state index is -0.557. The van der Waals surface area contributed by atoms with Crippen LogP contribution < -0.4 is 10.1 Å². The zero-order valence-electron chi connectivity index (χ0n) is 14.7. The number of benzene rings is 2. The van der Waals surface area contributed by atoms with E-state index in [-0.39, 0.29) is 23.3 Å². The van der Waals surface area contributed by atoms with Crippen molar-refractivity contribution < 1.29 is 18.7 Å². The zero-order chi connectivity index (χ0) is 19.2. The number of nitrogens with zero attached hydrogens (tertiary/aromatic N) is 1.